The first-order valence-corrected chi connectivity index (χ1v) is 16.4. The minimum absolute atomic E-state index is 0.0803. The van der Waals surface area contributed by atoms with Crippen LogP contribution in [0.3, 0.4) is 0 Å². The number of ether oxygens (including phenoxy) is 2. The van der Waals surface area contributed by atoms with Gasteiger partial charge in [-0.15, -0.1) is 0 Å². The molecule has 2 aromatic carbocycles. The average Bonchev–Trinajstić information content (AvgIpc) is 3.42. The summed E-state index contributed by atoms with van der Waals surface area (Å²) in [6, 6.07) is 19.9. The maximum Gasteiger partial charge on any atom is 0.305 e. The van der Waals surface area contributed by atoms with Gasteiger partial charge in [-0.2, -0.15) is 5.10 Å². The molecule has 1 aliphatic heterocycles. The first kappa shape index (κ1) is 31.5. The number of nitrogens with zero attached hydrogens (tertiary/aromatic N) is 3. The summed E-state index contributed by atoms with van der Waals surface area (Å²) in [5.74, 6) is -0.220. The number of benzene rings is 2. The quantitative estimate of drug-likeness (QED) is 0.115. The molecule has 1 fully saturated rings. The zero-order valence-corrected chi connectivity index (χ0v) is 26.1. The van der Waals surface area contributed by atoms with Crippen LogP contribution in [0.4, 0.5) is 0 Å². The van der Waals surface area contributed by atoms with Gasteiger partial charge in [0.1, 0.15) is 0 Å². The summed E-state index contributed by atoms with van der Waals surface area (Å²) in [7, 11) is 0. The van der Waals surface area contributed by atoms with Crippen molar-refractivity contribution < 1.29 is 19.1 Å². The van der Waals surface area contributed by atoms with Crippen LogP contribution in [0.15, 0.2) is 76.7 Å². The molecule has 1 aliphatic rings. The van der Waals surface area contributed by atoms with Gasteiger partial charge in [-0.3, -0.25) is 14.6 Å². The van der Waals surface area contributed by atoms with Crippen LogP contribution in [-0.2, 0) is 14.3 Å². The molecule has 0 spiro atoms. The van der Waals surface area contributed by atoms with Gasteiger partial charge in [0.25, 0.3) is 5.91 Å². The molecule has 1 amide bonds. The van der Waals surface area contributed by atoms with Crippen LogP contribution in [0.5, 0.6) is 0 Å². The Balaban J connectivity index is 1.27. The van der Waals surface area contributed by atoms with Crippen molar-refractivity contribution in [3.8, 4) is 0 Å². The molecule has 5 rings (SSSR count). The molecule has 0 bridgehead atoms. The maximum absolute atomic E-state index is 13.1. The number of hydrogen-bond acceptors (Lipinski definition) is 7. The number of unbranched alkanes of at least 4 members (excludes halogenated alkanes) is 3. The Labute approximate surface area is 263 Å². The van der Waals surface area contributed by atoms with E-state index in [9.17, 15) is 9.59 Å². The lowest BCUT2D eigenvalue weighted by molar-refractivity contribution is -0.143. The molecule has 4 aromatic rings. The van der Waals surface area contributed by atoms with Gasteiger partial charge < -0.3 is 14.8 Å². The molecule has 0 saturated carbocycles. The van der Waals surface area contributed by atoms with E-state index in [0.717, 1.165) is 83.6 Å². The topological polar surface area (TPSA) is 95.3 Å². The van der Waals surface area contributed by atoms with Crippen molar-refractivity contribution in [2.24, 2.45) is 0 Å². The number of esters is 1. The van der Waals surface area contributed by atoms with E-state index in [4.69, 9.17) is 14.6 Å². The second-order valence-electron chi connectivity index (χ2n) is 10.7. The second-order valence-corrected chi connectivity index (χ2v) is 11.9. The van der Waals surface area contributed by atoms with E-state index in [1.807, 2.05) is 66.2 Å². The lowest BCUT2D eigenvalue weighted by Gasteiger charge is -2.23. The van der Waals surface area contributed by atoms with Crippen LogP contribution in [0.2, 0.25) is 0 Å². The van der Waals surface area contributed by atoms with Gasteiger partial charge in [0.15, 0.2) is 6.23 Å². The Hall–Kier alpha value is -3.95. The predicted molar refractivity (Wildman–Crippen MR) is 174 cm³/mol. The number of pyridine rings is 1. The molecule has 1 atom stereocenters. The third-order valence-corrected chi connectivity index (χ3v) is 8.56. The highest BCUT2D eigenvalue weighted by Crippen LogP contribution is 2.35. The van der Waals surface area contributed by atoms with Crippen molar-refractivity contribution in [3.05, 3.63) is 83.8 Å². The first-order chi connectivity index (χ1) is 21.6. The predicted octanol–water partition coefficient (Wildman–Crippen LogP) is 7.70. The largest absolute Gasteiger partial charge is 0.466 e. The molecular formula is C35H40N4O4S. The fourth-order valence-corrected chi connectivity index (χ4v) is 6.23. The molecule has 44 heavy (non-hydrogen) atoms. The van der Waals surface area contributed by atoms with Crippen molar-refractivity contribution >= 4 is 46.7 Å². The average molecular weight is 613 g/mol. The normalized spacial score (nSPS) is 15.1. The molecule has 2 aromatic heterocycles. The number of nitrogens with one attached hydrogen (secondary N) is 1. The molecule has 1 unspecified atom stereocenters. The minimum atomic E-state index is -0.140. The number of amides is 1. The van der Waals surface area contributed by atoms with Gasteiger partial charge in [0.2, 0.25) is 0 Å². The van der Waals surface area contributed by atoms with Crippen LogP contribution in [-0.4, -0.2) is 46.4 Å². The Bertz CT molecular complexity index is 1560. The van der Waals surface area contributed by atoms with E-state index in [1.165, 1.54) is 0 Å². The van der Waals surface area contributed by atoms with Crippen molar-refractivity contribution in [1.29, 1.82) is 0 Å². The van der Waals surface area contributed by atoms with Gasteiger partial charge in [-0.1, -0.05) is 42.8 Å². The number of rotatable bonds is 14. The molecule has 9 heteroatoms. The third-order valence-electron chi connectivity index (χ3n) is 7.49. The Morgan fingerprint density at radius 3 is 2.73 bits per heavy atom. The van der Waals surface area contributed by atoms with Crippen molar-refractivity contribution in [2.75, 3.05) is 19.8 Å². The number of hydrogen-bond donors (Lipinski definition) is 1. The number of aromatic nitrogens is 3. The fraction of sp³-hybridized carbons (Fsp3) is 0.371. The van der Waals surface area contributed by atoms with Crippen LogP contribution >= 0.6 is 11.8 Å². The minimum Gasteiger partial charge on any atom is -0.466 e. The van der Waals surface area contributed by atoms with Crippen molar-refractivity contribution in [1.82, 2.24) is 20.1 Å². The van der Waals surface area contributed by atoms with Gasteiger partial charge >= 0.3 is 5.97 Å². The summed E-state index contributed by atoms with van der Waals surface area (Å²) in [6.45, 7) is 3.57. The first-order valence-electron chi connectivity index (χ1n) is 15.6. The van der Waals surface area contributed by atoms with Crippen LogP contribution < -0.4 is 5.32 Å². The van der Waals surface area contributed by atoms with E-state index in [2.05, 4.69) is 28.5 Å². The Morgan fingerprint density at radius 2 is 1.91 bits per heavy atom. The zero-order chi connectivity index (χ0) is 30.6. The number of carbonyl (C=O) groups is 2. The molecule has 0 radical (unpaired) electrons. The van der Waals surface area contributed by atoms with E-state index in [0.29, 0.717) is 25.1 Å². The highest BCUT2D eigenvalue weighted by Gasteiger charge is 2.21. The van der Waals surface area contributed by atoms with Gasteiger partial charge in [0, 0.05) is 40.9 Å². The third kappa shape index (κ3) is 8.57. The van der Waals surface area contributed by atoms with Crippen LogP contribution in [0.25, 0.3) is 23.1 Å². The maximum atomic E-state index is 13.1. The number of fused-ring (bicyclic) bond motifs is 1. The van der Waals surface area contributed by atoms with Crippen LogP contribution in [0.1, 0.15) is 86.3 Å². The van der Waals surface area contributed by atoms with E-state index in [1.54, 1.807) is 18.0 Å². The van der Waals surface area contributed by atoms with E-state index < -0.39 is 0 Å². The van der Waals surface area contributed by atoms with E-state index in [-0.39, 0.29) is 18.1 Å². The summed E-state index contributed by atoms with van der Waals surface area (Å²) in [5.41, 5.74) is 3.41. The number of carbonyl (C=O) groups excluding carboxylic acids is 2. The van der Waals surface area contributed by atoms with Gasteiger partial charge in [-0.25, -0.2) is 4.68 Å². The standard InChI is InChI=1S/C35H40N4O4S/c1-2-42-34(40)17-5-3-4-10-23-37-35(41)29-14-6-7-15-32(29)44-27-19-20-28-30(21-18-26-13-8-11-22-36-26)38-39(31(28)25-27)33-16-9-12-24-43-33/h6-8,11,13-15,18-22,25,33H,2-5,9-10,12,16-17,23-24H2,1H3,(H,37,41)/b21-18+. The Kier molecular flexibility index (Phi) is 11.6. The SMILES string of the molecule is CCOC(=O)CCCCCCNC(=O)c1ccccc1Sc1ccc2c(/C=C/c3ccccn3)nn(C3CCCCO3)c2c1. The van der Waals surface area contributed by atoms with Crippen molar-refractivity contribution in [2.45, 2.75) is 74.3 Å². The highest BCUT2D eigenvalue weighted by molar-refractivity contribution is 7.99. The summed E-state index contributed by atoms with van der Waals surface area (Å²) in [5, 5.41) is 9.10. The summed E-state index contributed by atoms with van der Waals surface area (Å²) in [6.07, 6.45) is 12.8. The molecule has 8 nitrogen and oxygen atoms in total. The van der Waals surface area contributed by atoms with Crippen LogP contribution in [0, 0.1) is 0 Å². The monoisotopic (exact) mass is 612 g/mol. The fourth-order valence-electron chi connectivity index (χ4n) is 5.25. The van der Waals surface area contributed by atoms with E-state index >= 15 is 0 Å². The summed E-state index contributed by atoms with van der Waals surface area (Å²) >= 11 is 1.57. The summed E-state index contributed by atoms with van der Waals surface area (Å²) in [4.78, 5) is 30.9. The second kappa shape index (κ2) is 16.2. The molecule has 1 saturated heterocycles. The zero-order valence-electron chi connectivity index (χ0n) is 25.2. The summed E-state index contributed by atoms with van der Waals surface area (Å²) < 4.78 is 13.1. The lowest BCUT2D eigenvalue weighted by Crippen LogP contribution is -2.24. The lowest BCUT2D eigenvalue weighted by atomic mass is 10.1. The molecule has 0 aliphatic carbocycles. The Morgan fingerprint density at radius 1 is 1.05 bits per heavy atom. The smallest absolute Gasteiger partial charge is 0.305 e. The van der Waals surface area contributed by atoms with Gasteiger partial charge in [0.05, 0.1) is 29.1 Å². The molecule has 230 valence electrons. The highest BCUT2D eigenvalue weighted by atomic mass is 32.2. The molecular weight excluding hydrogens is 572 g/mol. The van der Waals surface area contributed by atoms with Crippen molar-refractivity contribution in [3.63, 3.8) is 0 Å². The van der Waals surface area contributed by atoms with Gasteiger partial charge in [-0.05, 0) is 93.6 Å². The molecule has 3 heterocycles. The molecule has 1 N–H and O–H groups in total.